The molecule has 134 valence electrons. The van der Waals surface area contributed by atoms with Crippen molar-refractivity contribution in [3.05, 3.63) is 42.1 Å². The highest BCUT2D eigenvalue weighted by Crippen LogP contribution is 2.15. The third kappa shape index (κ3) is 4.55. The molecule has 0 N–H and O–H groups in total. The maximum Gasteiger partial charge on any atom is 0.0828 e. The molecule has 3 heterocycles. The molecule has 0 unspecified atom stereocenters. The maximum atomic E-state index is 6.10. The van der Waals surface area contributed by atoms with Crippen molar-refractivity contribution in [2.45, 2.75) is 19.1 Å². The SMILES string of the molecule is c1ccc2nc(CN3CCCO[C@@H](CN4CCOCC4)C3)ccc2c1. The van der Waals surface area contributed by atoms with Crippen LogP contribution in [0.25, 0.3) is 10.9 Å². The Morgan fingerprint density at radius 3 is 2.76 bits per heavy atom. The van der Waals surface area contributed by atoms with E-state index in [9.17, 15) is 0 Å². The summed E-state index contributed by atoms with van der Waals surface area (Å²) in [6, 6.07) is 12.7. The molecule has 2 aromatic rings. The van der Waals surface area contributed by atoms with Crippen LogP contribution in [0.3, 0.4) is 0 Å². The van der Waals surface area contributed by atoms with E-state index in [4.69, 9.17) is 14.5 Å². The number of morpholine rings is 1. The summed E-state index contributed by atoms with van der Waals surface area (Å²) in [7, 11) is 0. The second-order valence-corrected chi connectivity index (χ2v) is 6.99. The van der Waals surface area contributed by atoms with Gasteiger partial charge in [-0.1, -0.05) is 24.3 Å². The lowest BCUT2D eigenvalue weighted by Gasteiger charge is -2.31. The van der Waals surface area contributed by atoms with Crippen molar-refractivity contribution >= 4 is 10.9 Å². The van der Waals surface area contributed by atoms with Crippen LogP contribution in [-0.4, -0.2) is 73.4 Å². The van der Waals surface area contributed by atoms with E-state index in [2.05, 4.69) is 46.2 Å². The van der Waals surface area contributed by atoms with E-state index < -0.39 is 0 Å². The number of aromatic nitrogens is 1. The Morgan fingerprint density at radius 2 is 1.84 bits per heavy atom. The molecule has 4 rings (SSSR count). The molecular formula is C20H27N3O2. The molecule has 1 aromatic carbocycles. The Kier molecular flexibility index (Phi) is 5.57. The zero-order valence-corrected chi connectivity index (χ0v) is 14.8. The highest BCUT2D eigenvalue weighted by molar-refractivity contribution is 5.78. The molecule has 0 radical (unpaired) electrons. The molecule has 5 heteroatoms. The van der Waals surface area contributed by atoms with Crippen molar-refractivity contribution in [3.63, 3.8) is 0 Å². The fourth-order valence-electron chi connectivity index (χ4n) is 3.72. The topological polar surface area (TPSA) is 37.8 Å². The van der Waals surface area contributed by atoms with E-state index in [0.717, 1.165) is 76.7 Å². The summed E-state index contributed by atoms with van der Waals surface area (Å²) in [5, 5.41) is 1.20. The molecule has 1 atom stereocenters. The monoisotopic (exact) mass is 341 g/mol. The van der Waals surface area contributed by atoms with Crippen LogP contribution in [0.15, 0.2) is 36.4 Å². The van der Waals surface area contributed by atoms with Gasteiger partial charge < -0.3 is 9.47 Å². The number of benzene rings is 1. The van der Waals surface area contributed by atoms with Crippen LogP contribution in [0.4, 0.5) is 0 Å². The summed E-state index contributed by atoms with van der Waals surface area (Å²) >= 11 is 0. The van der Waals surface area contributed by atoms with Crippen molar-refractivity contribution in [2.24, 2.45) is 0 Å². The first kappa shape index (κ1) is 16.9. The van der Waals surface area contributed by atoms with Gasteiger partial charge >= 0.3 is 0 Å². The van der Waals surface area contributed by atoms with Crippen molar-refractivity contribution in [1.82, 2.24) is 14.8 Å². The van der Waals surface area contributed by atoms with Gasteiger partial charge in [-0.15, -0.1) is 0 Å². The standard InChI is InChI=1S/C20H27N3O2/c1-2-5-20-17(4-1)6-7-18(21-20)14-23-8-3-11-25-19(16-23)15-22-9-12-24-13-10-22/h1-2,4-7,19H,3,8-16H2/t19-/m0/s1. The summed E-state index contributed by atoms with van der Waals surface area (Å²) in [4.78, 5) is 9.79. The summed E-state index contributed by atoms with van der Waals surface area (Å²) in [6.07, 6.45) is 1.37. The van der Waals surface area contributed by atoms with Crippen LogP contribution in [0.5, 0.6) is 0 Å². The number of fused-ring (bicyclic) bond motifs is 1. The molecule has 5 nitrogen and oxygen atoms in total. The predicted molar refractivity (Wildman–Crippen MR) is 98.6 cm³/mol. The van der Waals surface area contributed by atoms with Crippen molar-refractivity contribution in [2.75, 3.05) is 52.5 Å². The van der Waals surface area contributed by atoms with E-state index in [-0.39, 0.29) is 6.10 Å². The third-order valence-corrected chi connectivity index (χ3v) is 5.04. The summed E-state index contributed by atoms with van der Waals surface area (Å²) < 4.78 is 11.5. The summed E-state index contributed by atoms with van der Waals surface area (Å²) in [5.41, 5.74) is 2.22. The molecule has 2 fully saturated rings. The molecule has 0 saturated carbocycles. The first-order valence-corrected chi connectivity index (χ1v) is 9.35. The van der Waals surface area contributed by atoms with Gasteiger partial charge in [0.1, 0.15) is 0 Å². The van der Waals surface area contributed by atoms with E-state index >= 15 is 0 Å². The van der Waals surface area contributed by atoms with Gasteiger partial charge in [-0.2, -0.15) is 0 Å². The number of para-hydroxylation sites is 1. The van der Waals surface area contributed by atoms with Crippen molar-refractivity contribution < 1.29 is 9.47 Å². The molecule has 0 spiro atoms. The maximum absolute atomic E-state index is 6.10. The fraction of sp³-hybridized carbons (Fsp3) is 0.550. The minimum Gasteiger partial charge on any atom is -0.379 e. The lowest BCUT2D eigenvalue weighted by molar-refractivity contribution is -0.0123. The van der Waals surface area contributed by atoms with Crippen LogP contribution in [0.2, 0.25) is 0 Å². The zero-order chi connectivity index (χ0) is 16.9. The number of nitrogens with zero attached hydrogens (tertiary/aromatic N) is 3. The largest absolute Gasteiger partial charge is 0.379 e. The minimum atomic E-state index is 0.279. The van der Waals surface area contributed by atoms with Crippen molar-refractivity contribution in [1.29, 1.82) is 0 Å². The fourth-order valence-corrected chi connectivity index (χ4v) is 3.72. The van der Waals surface area contributed by atoms with Gasteiger partial charge in [0.25, 0.3) is 0 Å². The second-order valence-electron chi connectivity index (χ2n) is 6.99. The second kappa shape index (κ2) is 8.23. The van der Waals surface area contributed by atoms with Gasteiger partial charge in [0.15, 0.2) is 0 Å². The first-order valence-electron chi connectivity index (χ1n) is 9.35. The zero-order valence-electron chi connectivity index (χ0n) is 14.8. The molecule has 25 heavy (non-hydrogen) atoms. The molecule has 2 saturated heterocycles. The van der Waals surface area contributed by atoms with E-state index in [1.54, 1.807) is 0 Å². The van der Waals surface area contributed by atoms with Gasteiger partial charge in [0.2, 0.25) is 0 Å². The highest BCUT2D eigenvalue weighted by Gasteiger charge is 2.22. The Hall–Kier alpha value is -1.53. The smallest absolute Gasteiger partial charge is 0.0828 e. The number of rotatable bonds is 4. The molecule has 1 aromatic heterocycles. The Bertz CT molecular complexity index is 687. The van der Waals surface area contributed by atoms with E-state index in [0.29, 0.717) is 0 Å². The van der Waals surface area contributed by atoms with Gasteiger partial charge in [-0.05, 0) is 18.6 Å². The number of ether oxygens (including phenoxy) is 2. The predicted octanol–water partition coefficient (Wildman–Crippen LogP) is 2.16. The van der Waals surface area contributed by atoms with Crippen LogP contribution < -0.4 is 0 Å². The number of hydrogen-bond donors (Lipinski definition) is 0. The van der Waals surface area contributed by atoms with Gasteiger partial charge in [0, 0.05) is 51.3 Å². The average Bonchev–Trinajstić information content (AvgIpc) is 2.87. The van der Waals surface area contributed by atoms with E-state index in [1.807, 2.05) is 0 Å². The summed E-state index contributed by atoms with van der Waals surface area (Å²) in [6.45, 7) is 8.54. The van der Waals surface area contributed by atoms with Crippen LogP contribution >= 0.6 is 0 Å². The van der Waals surface area contributed by atoms with Crippen LogP contribution in [0, 0.1) is 0 Å². The molecule has 0 bridgehead atoms. The lowest BCUT2D eigenvalue weighted by Crippen LogP contribution is -2.44. The molecule has 2 aliphatic heterocycles. The Labute approximate surface area is 149 Å². The summed E-state index contributed by atoms with van der Waals surface area (Å²) in [5.74, 6) is 0. The van der Waals surface area contributed by atoms with Gasteiger partial charge in [-0.25, -0.2) is 0 Å². The highest BCUT2D eigenvalue weighted by atomic mass is 16.5. The molecular weight excluding hydrogens is 314 g/mol. The lowest BCUT2D eigenvalue weighted by atomic mass is 10.2. The van der Waals surface area contributed by atoms with Crippen LogP contribution in [0.1, 0.15) is 12.1 Å². The number of hydrogen-bond acceptors (Lipinski definition) is 5. The van der Waals surface area contributed by atoms with Crippen molar-refractivity contribution in [3.8, 4) is 0 Å². The van der Waals surface area contributed by atoms with Gasteiger partial charge in [0.05, 0.1) is 30.5 Å². The molecule has 0 aliphatic carbocycles. The Balaban J connectivity index is 1.39. The Morgan fingerprint density at radius 1 is 0.960 bits per heavy atom. The van der Waals surface area contributed by atoms with E-state index in [1.165, 1.54) is 5.39 Å². The molecule has 0 amide bonds. The first-order chi connectivity index (χ1) is 12.4. The van der Waals surface area contributed by atoms with Crippen LogP contribution in [-0.2, 0) is 16.0 Å². The number of pyridine rings is 1. The minimum absolute atomic E-state index is 0.279. The average molecular weight is 341 g/mol. The van der Waals surface area contributed by atoms with Gasteiger partial charge in [-0.3, -0.25) is 14.8 Å². The third-order valence-electron chi connectivity index (χ3n) is 5.04. The normalized spacial score (nSPS) is 23.6. The quantitative estimate of drug-likeness (QED) is 0.852. The molecule has 2 aliphatic rings.